The number of hydrogen-bond acceptors (Lipinski definition) is 5. The van der Waals surface area contributed by atoms with E-state index in [9.17, 15) is 13.2 Å². The van der Waals surface area contributed by atoms with Gasteiger partial charge < -0.3 is 14.8 Å². The van der Waals surface area contributed by atoms with E-state index in [1.165, 1.54) is 26.4 Å². The molecule has 0 unspecified atom stereocenters. The minimum absolute atomic E-state index is 0.239. The average molecular weight is 450 g/mol. The smallest absolute Gasteiger partial charge is 0.248 e. The van der Waals surface area contributed by atoms with Crippen molar-refractivity contribution in [3.63, 3.8) is 0 Å². The number of carbonyl (C=O) groups excluding carboxylic acids is 1. The third-order valence-electron chi connectivity index (χ3n) is 5.05. The molecular formula is C22H24ClNO5S. The van der Waals surface area contributed by atoms with E-state index >= 15 is 0 Å². The lowest BCUT2D eigenvalue weighted by molar-refractivity contribution is -0.111. The molecule has 1 saturated carbocycles. The highest BCUT2D eigenvalue weighted by Gasteiger charge is 2.30. The summed E-state index contributed by atoms with van der Waals surface area (Å²) in [4.78, 5) is 12.6. The van der Waals surface area contributed by atoms with Gasteiger partial charge in [-0.15, -0.1) is 0 Å². The van der Waals surface area contributed by atoms with Gasteiger partial charge in [0.25, 0.3) is 0 Å². The van der Waals surface area contributed by atoms with Crippen molar-refractivity contribution in [1.29, 1.82) is 0 Å². The van der Waals surface area contributed by atoms with Gasteiger partial charge in [0.1, 0.15) is 0 Å². The molecule has 1 aliphatic rings. The largest absolute Gasteiger partial charge is 0.493 e. The molecule has 0 saturated heterocycles. The van der Waals surface area contributed by atoms with Crippen molar-refractivity contribution in [2.45, 2.75) is 35.8 Å². The Balaban J connectivity index is 1.73. The van der Waals surface area contributed by atoms with Crippen molar-refractivity contribution < 1.29 is 22.7 Å². The Morgan fingerprint density at radius 3 is 2.53 bits per heavy atom. The highest BCUT2D eigenvalue weighted by molar-refractivity contribution is 7.92. The highest BCUT2D eigenvalue weighted by Crippen LogP contribution is 2.36. The minimum atomic E-state index is -3.38. The fraction of sp³-hybridized carbons (Fsp3) is 0.318. The molecular weight excluding hydrogens is 426 g/mol. The van der Waals surface area contributed by atoms with Crippen LogP contribution < -0.4 is 14.8 Å². The Kier molecular flexibility index (Phi) is 7.05. The van der Waals surface area contributed by atoms with E-state index in [1.54, 1.807) is 36.4 Å². The molecule has 2 aromatic carbocycles. The first kappa shape index (κ1) is 22.2. The van der Waals surface area contributed by atoms with Gasteiger partial charge in [0, 0.05) is 11.8 Å². The average Bonchev–Trinajstić information content (AvgIpc) is 3.28. The van der Waals surface area contributed by atoms with Crippen LogP contribution in [-0.4, -0.2) is 33.8 Å². The maximum absolute atomic E-state index is 12.8. The molecule has 0 spiro atoms. The molecule has 0 bridgehead atoms. The zero-order valence-corrected chi connectivity index (χ0v) is 18.4. The van der Waals surface area contributed by atoms with Crippen LogP contribution in [-0.2, 0) is 14.6 Å². The van der Waals surface area contributed by atoms with Gasteiger partial charge in [0.2, 0.25) is 5.91 Å². The number of methoxy groups -OCH3 is 2. The monoisotopic (exact) mass is 449 g/mol. The molecule has 0 heterocycles. The molecule has 1 aliphatic carbocycles. The van der Waals surface area contributed by atoms with Crippen LogP contribution >= 0.6 is 11.6 Å². The maximum atomic E-state index is 12.8. The van der Waals surface area contributed by atoms with Crippen LogP contribution in [0.3, 0.4) is 0 Å². The summed E-state index contributed by atoms with van der Waals surface area (Å²) in [7, 11) is -0.386. The first-order valence-electron chi connectivity index (χ1n) is 9.59. The molecule has 0 radical (unpaired) electrons. The Morgan fingerprint density at radius 1 is 1.13 bits per heavy atom. The lowest BCUT2D eigenvalue weighted by Crippen LogP contribution is -2.18. The Morgan fingerprint density at radius 2 is 1.87 bits per heavy atom. The molecule has 30 heavy (non-hydrogen) atoms. The van der Waals surface area contributed by atoms with Gasteiger partial charge >= 0.3 is 0 Å². The number of amides is 1. The van der Waals surface area contributed by atoms with E-state index < -0.39 is 15.7 Å². The SMILES string of the molecule is COc1cc(/C=C/C(=O)Nc2cccc(S(=O)(=O)C3CCCC3)c2)cc(Cl)c1OC. The summed E-state index contributed by atoms with van der Waals surface area (Å²) in [5.74, 6) is 0.479. The predicted octanol–water partition coefficient (Wildman–Crippen LogP) is 4.73. The van der Waals surface area contributed by atoms with Gasteiger partial charge in [-0.3, -0.25) is 4.79 Å². The summed E-state index contributed by atoms with van der Waals surface area (Å²) < 4.78 is 36.0. The number of nitrogens with one attached hydrogen (secondary N) is 1. The number of ether oxygens (including phenoxy) is 2. The Labute approximate surface area is 181 Å². The molecule has 8 heteroatoms. The summed E-state index contributed by atoms with van der Waals surface area (Å²) in [5, 5.41) is 2.73. The summed E-state index contributed by atoms with van der Waals surface area (Å²) in [6, 6.07) is 9.73. The highest BCUT2D eigenvalue weighted by atomic mass is 35.5. The van der Waals surface area contributed by atoms with E-state index in [2.05, 4.69) is 5.32 Å². The lowest BCUT2D eigenvalue weighted by atomic mass is 10.2. The van der Waals surface area contributed by atoms with E-state index in [0.717, 1.165) is 12.8 Å². The van der Waals surface area contributed by atoms with Crippen molar-refractivity contribution in [1.82, 2.24) is 0 Å². The summed E-state index contributed by atoms with van der Waals surface area (Å²) in [5.41, 5.74) is 1.08. The predicted molar refractivity (Wildman–Crippen MR) is 118 cm³/mol. The van der Waals surface area contributed by atoms with Gasteiger partial charge in [0.05, 0.1) is 29.4 Å². The van der Waals surface area contributed by atoms with Crippen LogP contribution in [0.15, 0.2) is 47.4 Å². The van der Waals surface area contributed by atoms with Crippen LogP contribution in [0.1, 0.15) is 31.2 Å². The molecule has 160 valence electrons. The van der Waals surface area contributed by atoms with Gasteiger partial charge in [0.15, 0.2) is 21.3 Å². The number of sulfone groups is 1. The Bertz CT molecular complexity index is 1060. The van der Waals surface area contributed by atoms with Crippen molar-refractivity contribution in [2.75, 3.05) is 19.5 Å². The first-order chi connectivity index (χ1) is 14.3. The fourth-order valence-electron chi connectivity index (χ4n) is 3.53. The molecule has 0 aromatic heterocycles. The lowest BCUT2D eigenvalue weighted by Gasteiger charge is -2.12. The fourth-order valence-corrected chi connectivity index (χ4v) is 5.73. The number of carbonyl (C=O) groups is 1. The molecule has 0 atom stereocenters. The summed E-state index contributed by atoms with van der Waals surface area (Å²) in [6.07, 6.45) is 6.18. The molecule has 3 rings (SSSR count). The molecule has 0 aliphatic heterocycles. The van der Waals surface area contributed by atoms with Gasteiger partial charge in [-0.25, -0.2) is 8.42 Å². The van der Waals surface area contributed by atoms with Crippen molar-refractivity contribution >= 4 is 39.1 Å². The second-order valence-electron chi connectivity index (χ2n) is 7.04. The van der Waals surface area contributed by atoms with Crippen molar-refractivity contribution in [2.24, 2.45) is 0 Å². The Hall–Kier alpha value is -2.51. The van der Waals surface area contributed by atoms with E-state index in [1.807, 2.05) is 0 Å². The zero-order chi connectivity index (χ0) is 21.7. The maximum Gasteiger partial charge on any atom is 0.248 e. The summed E-state index contributed by atoms with van der Waals surface area (Å²) in [6.45, 7) is 0. The van der Waals surface area contributed by atoms with E-state index in [0.29, 0.717) is 40.6 Å². The number of benzene rings is 2. The molecule has 1 N–H and O–H groups in total. The van der Waals surface area contributed by atoms with Crippen LogP contribution in [0.2, 0.25) is 5.02 Å². The van der Waals surface area contributed by atoms with Crippen LogP contribution in [0, 0.1) is 0 Å². The van der Waals surface area contributed by atoms with Crippen LogP contribution in [0.5, 0.6) is 11.5 Å². The topological polar surface area (TPSA) is 81.7 Å². The third kappa shape index (κ3) is 4.96. The third-order valence-corrected chi connectivity index (χ3v) is 7.60. The molecule has 1 fully saturated rings. The van der Waals surface area contributed by atoms with Gasteiger partial charge in [-0.2, -0.15) is 0 Å². The second kappa shape index (κ2) is 9.53. The van der Waals surface area contributed by atoms with E-state index in [4.69, 9.17) is 21.1 Å². The van der Waals surface area contributed by atoms with Crippen molar-refractivity contribution in [3.05, 3.63) is 53.1 Å². The number of anilines is 1. The quantitative estimate of drug-likeness (QED) is 0.618. The standard InChI is InChI=1S/C22H24ClNO5S/c1-28-20-13-15(12-19(23)22(20)29-2)10-11-21(25)24-16-6-5-9-18(14-16)30(26,27)17-7-3-4-8-17/h5-6,9-14,17H,3-4,7-8H2,1-2H3,(H,24,25)/b11-10+. The molecule has 6 nitrogen and oxygen atoms in total. The number of rotatable bonds is 7. The molecule has 1 amide bonds. The van der Waals surface area contributed by atoms with Crippen molar-refractivity contribution in [3.8, 4) is 11.5 Å². The zero-order valence-electron chi connectivity index (χ0n) is 16.9. The second-order valence-corrected chi connectivity index (χ2v) is 9.68. The minimum Gasteiger partial charge on any atom is -0.493 e. The summed E-state index contributed by atoms with van der Waals surface area (Å²) >= 11 is 6.18. The van der Waals surface area contributed by atoms with Gasteiger partial charge in [-0.05, 0) is 54.8 Å². The van der Waals surface area contributed by atoms with Crippen LogP contribution in [0.25, 0.3) is 6.08 Å². The van der Waals surface area contributed by atoms with Gasteiger partial charge in [-0.1, -0.05) is 30.5 Å². The van der Waals surface area contributed by atoms with E-state index in [-0.39, 0.29) is 10.1 Å². The number of hydrogen-bond donors (Lipinski definition) is 1. The van der Waals surface area contributed by atoms with Crippen LogP contribution in [0.4, 0.5) is 5.69 Å². The normalized spacial score (nSPS) is 14.8. The molecule has 2 aromatic rings. The first-order valence-corrected chi connectivity index (χ1v) is 11.5. The number of halogens is 1.